The number of benzene rings is 1. The largest absolute Gasteiger partial charge is 0.389 e. The molecule has 4 N–H and O–H groups in total. The van der Waals surface area contributed by atoms with Gasteiger partial charge >= 0.3 is 6.03 Å². The van der Waals surface area contributed by atoms with Gasteiger partial charge in [0.1, 0.15) is 0 Å². The van der Waals surface area contributed by atoms with Crippen molar-refractivity contribution in [2.24, 2.45) is 0 Å². The van der Waals surface area contributed by atoms with Gasteiger partial charge in [-0.25, -0.2) is 17.9 Å². The normalized spacial score (nSPS) is 12.7. The van der Waals surface area contributed by atoms with Crippen molar-refractivity contribution in [3.05, 3.63) is 29.8 Å². The van der Waals surface area contributed by atoms with Crippen LogP contribution in [-0.2, 0) is 10.0 Å². The molecule has 0 bridgehead atoms. The molecule has 0 aliphatic rings. The smallest absolute Gasteiger partial charge is 0.319 e. The summed E-state index contributed by atoms with van der Waals surface area (Å²) < 4.78 is 25.1. The first-order valence-electron chi connectivity index (χ1n) is 6.64. The number of hydrogen-bond acceptors (Lipinski definition) is 4. The predicted molar refractivity (Wildman–Crippen MR) is 81.6 cm³/mol. The Morgan fingerprint density at radius 2 is 2.10 bits per heavy atom. The van der Waals surface area contributed by atoms with Gasteiger partial charge in [0.05, 0.1) is 11.9 Å². The second-order valence-corrected chi connectivity index (χ2v) is 6.43. The molecule has 1 rings (SSSR count). The van der Waals surface area contributed by atoms with E-state index in [-0.39, 0.29) is 12.3 Å². The number of sulfonamides is 1. The van der Waals surface area contributed by atoms with E-state index in [2.05, 4.69) is 15.4 Å². The molecule has 1 aromatic rings. The van der Waals surface area contributed by atoms with E-state index in [0.29, 0.717) is 17.8 Å². The van der Waals surface area contributed by atoms with Crippen molar-refractivity contribution in [2.75, 3.05) is 24.2 Å². The van der Waals surface area contributed by atoms with E-state index in [1.54, 1.807) is 38.1 Å². The molecule has 0 saturated heterocycles. The van der Waals surface area contributed by atoms with E-state index >= 15 is 0 Å². The second-order valence-electron chi connectivity index (χ2n) is 4.50. The molecule has 0 radical (unpaired) electrons. The van der Waals surface area contributed by atoms with Gasteiger partial charge in [-0.15, -0.1) is 0 Å². The molecule has 2 amide bonds. The van der Waals surface area contributed by atoms with E-state index in [9.17, 15) is 18.3 Å². The van der Waals surface area contributed by atoms with Gasteiger partial charge < -0.3 is 15.7 Å². The summed E-state index contributed by atoms with van der Waals surface area (Å²) in [5.74, 6) is -0.179. The third kappa shape index (κ3) is 6.56. The van der Waals surface area contributed by atoms with Crippen LogP contribution in [0.15, 0.2) is 24.3 Å². The van der Waals surface area contributed by atoms with Crippen LogP contribution in [0.2, 0.25) is 0 Å². The monoisotopic (exact) mass is 315 g/mol. The van der Waals surface area contributed by atoms with Crippen molar-refractivity contribution in [1.82, 2.24) is 10.0 Å². The summed E-state index contributed by atoms with van der Waals surface area (Å²) in [6.07, 6.45) is -0.625. The SMILES string of the molecule is CCNS(=O)(=O)CCNC(=O)Nc1cccc(C(C)O)c1. The van der Waals surface area contributed by atoms with Gasteiger partial charge in [-0.2, -0.15) is 0 Å². The zero-order chi connectivity index (χ0) is 15.9. The zero-order valence-electron chi connectivity index (χ0n) is 12.1. The van der Waals surface area contributed by atoms with Crippen LogP contribution < -0.4 is 15.4 Å². The van der Waals surface area contributed by atoms with E-state index < -0.39 is 22.2 Å². The Morgan fingerprint density at radius 1 is 1.38 bits per heavy atom. The van der Waals surface area contributed by atoms with E-state index in [4.69, 9.17) is 0 Å². The number of aliphatic hydroxyl groups is 1. The molecule has 0 aromatic heterocycles. The fraction of sp³-hybridized carbons (Fsp3) is 0.462. The third-order valence-electron chi connectivity index (χ3n) is 2.65. The van der Waals surface area contributed by atoms with Crippen molar-refractivity contribution in [3.8, 4) is 0 Å². The maximum Gasteiger partial charge on any atom is 0.319 e. The fourth-order valence-corrected chi connectivity index (χ4v) is 2.60. The van der Waals surface area contributed by atoms with Gasteiger partial charge in [-0.3, -0.25) is 0 Å². The Balaban J connectivity index is 2.46. The van der Waals surface area contributed by atoms with Gasteiger partial charge in [0, 0.05) is 18.8 Å². The van der Waals surface area contributed by atoms with Crippen LogP contribution in [0.5, 0.6) is 0 Å². The molecule has 7 nitrogen and oxygen atoms in total. The highest BCUT2D eigenvalue weighted by Crippen LogP contribution is 2.16. The van der Waals surface area contributed by atoms with Crippen LogP contribution in [0.1, 0.15) is 25.5 Å². The third-order valence-corrected chi connectivity index (χ3v) is 4.12. The van der Waals surface area contributed by atoms with Gasteiger partial charge in [-0.05, 0) is 24.6 Å². The molecule has 21 heavy (non-hydrogen) atoms. The van der Waals surface area contributed by atoms with Crippen LogP contribution in [-0.4, -0.2) is 38.4 Å². The molecule has 0 fully saturated rings. The predicted octanol–water partition coefficient (Wildman–Crippen LogP) is 0.801. The quantitative estimate of drug-likeness (QED) is 0.597. The Hall–Kier alpha value is -1.64. The lowest BCUT2D eigenvalue weighted by molar-refractivity contribution is 0.199. The van der Waals surface area contributed by atoms with Crippen LogP contribution in [0.25, 0.3) is 0 Å². The summed E-state index contributed by atoms with van der Waals surface area (Å²) in [6.45, 7) is 3.65. The molecule has 0 spiro atoms. The number of hydrogen-bond donors (Lipinski definition) is 4. The summed E-state index contributed by atoms with van der Waals surface area (Å²) in [5.41, 5.74) is 1.21. The second kappa shape index (κ2) is 7.96. The molecule has 0 heterocycles. The van der Waals surface area contributed by atoms with Crippen LogP contribution >= 0.6 is 0 Å². The minimum absolute atomic E-state index is 0.0112. The molecular formula is C13H21N3O4S. The molecule has 1 atom stereocenters. The summed E-state index contributed by atoms with van der Waals surface area (Å²) in [5, 5.41) is 14.5. The van der Waals surface area contributed by atoms with Gasteiger partial charge in [-0.1, -0.05) is 19.1 Å². The van der Waals surface area contributed by atoms with E-state index in [0.717, 1.165) is 0 Å². The molecule has 0 aliphatic carbocycles. The minimum atomic E-state index is -3.34. The lowest BCUT2D eigenvalue weighted by Gasteiger charge is -2.10. The van der Waals surface area contributed by atoms with Gasteiger partial charge in [0.15, 0.2) is 0 Å². The van der Waals surface area contributed by atoms with Gasteiger partial charge in [0.25, 0.3) is 0 Å². The van der Waals surface area contributed by atoms with Crippen molar-refractivity contribution in [1.29, 1.82) is 0 Å². The number of urea groups is 1. The maximum atomic E-state index is 11.6. The van der Waals surface area contributed by atoms with Crippen LogP contribution in [0, 0.1) is 0 Å². The number of aliphatic hydroxyl groups excluding tert-OH is 1. The van der Waals surface area contributed by atoms with Crippen molar-refractivity contribution in [2.45, 2.75) is 20.0 Å². The summed E-state index contributed by atoms with van der Waals surface area (Å²) in [4.78, 5) is 11.6. The minimum Gasteiger partial charge on any atom is -0.389 e. The summed E-state index contributed by atoms with van der Waals surface area (Å²) in [6, 6.07) is 6.30. The summed E-state index contributed by atoms with van der Waals surface area (Å²) in [7, 11) is -3.34. The highest BCUT2D eigenvalue weighted by atomic mass is 32.2. The topological polar surface area (TPSA) is 108 Å². The molecule has 0 saturated carbocycles. The number of carbonyl (C=O) groups is 1. The van der Waals surface area contributed by atoms with Crippen molar-refractivity contribution in [3.63, 3.8) is 0 Å². The number of anilines is 1. The average Bonchev–Trinajstić information content (AvgIpc) is 2.38. The molecule has 118 valence electrons. The Labute approximate surface area is 124 Å². The molecular weight excluding hydrogens is 294 g/mol. The zero-order valence-corrected chi connectivity index (χ0v) is 12.9. The lowest BCUT2D eigenvalue weighted by atomic mass is 10.1. The molecule has 1 unspecified atom stereocenters. The Bertz CT molecular complexity index is 573. The highest BCUT2D eigenvalue weighted by Gasteiger charge is 2.09. The highest BCUT2D eigenvalue weighted by molar-refractivity contribution is 7.89. The van der Waals surface area contributed by atoms with Crippen molar-refractivity contribution < 1.29 is 18.3 Å². The first kappa shape index (κ1) is 17.4. The first-order valence-corrected chi connectivity index (χ1v) is 8.29. The molecule has 8 heteroatoms. The maximum absolute atomic E-state index is 11.6. The Morgan fingerprint density at radius 3 is 2.71 bits per heavy atom. The molecule has 1 aromatic carbocycles. The summed E-state index contributed by atoms with van der Waals surface area (Å²) >= 11 is 0. The van der Waals surface area contributed by atoms with Gasteiger partial charge in [0.2, 0.25) is 10.0 Å². The number of rotatable bonds is 7. The molecule has 0 aliphatic heterocycles. The standard InChI is InChI=1S/C13H21N3O4S/c1-3-15-21(19,20)8-7-14-13(18)16-12-6-4-5-11(9-12)10(2)17/h4-6,9-10,15,17H,3,7-8H2,1-2H3,(H2,14,16,18). The number of amides is 2. The average molecular weight is 315 g/mol. The number of nitrogens with one attached hydrogen (secondary N) is 3. The fourth-order valence-electron chi connectivity index (χ4n) is 1.64. The first-order chi connectivity index (χ1) is 9.84. The number of carbonyl (C=O) groups excluding carboxylic acids is 1. The van der Waals surface area contributed by atoms with E-state index in [1.807, 2.05) is 0 Å². The van der Waals surface area contributed by atoms with Crippen LogP contribution in [0.4, 0.5) is 10.5 Å². The van der Waals surface area contributed by atoms with Crippen LogP contribution in [0.3, 0.4) is 0 Å². The van der Waals surface area contributed by atoms with Crippen molar-refractivity contribution >= 4 is 21.7 Å². The lowest BCUT2D eigenvalue weighted by Crippen LogP contribution is -2.36. The Kier molecular flexibility index (Phi) is 6.60. The van der Waals surface area contributed by atoms with E-state index in [1.165, 1.54) is 0 Å².